The number of hydrogen-bond acceptors (Lipinski definition) is 3. The largest absolute Gasteiger partial charge is 0.462 e. The van der Waals surface area contributed by atoms with Gasteiger partial charge < -0.3 is 10.1 Å². The van der Waals surface area contributed by atoms with Crippen LogP contribution in [0.25, 0.3) is 0 Å². The summed E-state index contributed by atoms with van der Waals surface area (Å²) < 4.78 is 5.09. The van der Waals surface area contributed by atoms with Crippen molar-refractivity contribution in [2.75, 3.05) is 11.9 Å². The van der Waals surface area contributed by atoms with Crippen molar-refractivity contribution in [1.29, 1.82) is 0 Å². The number of benzene rings is 2. The molecule has 1 N–H and O–H groups in total. The van der Waals surface area contributed by atoms with Crippen LogP contribution < -0.4 is 5.32 Å². The lowest BCUT2D eigenvalue weighted by Gasteiger charge is -2.15. The van der Waals surface area contributed by atoms with E-state index in [9.17, 15) is 9.59 Å². The molecule has 0 spiro atoms. The van der Waals surface area contributed by atoms with Crippen LogP contribution in [0.5, 0.6) is 0 Å². The summed E-state index contributed by atoms with van der Waals surface area (Å²) in [5, 5.41) is 2.91. The Morgan fingerprint density at radius 1 is 1.00 bits per heavy atom. The van der Waals surface area contributed by atoms with Crippen LogP contribution in [-0.2, 0) is 9.53 Å². The van der Waals surface area contributed by atoms with Gasteiger partial charge in [-0.25, -0.2) is 4.79 Å². The average Bonchev–Trinajstić information content (AvgIpc) is 2.62. The molecular formula is C20H23NO3. The summed E-state index contributed by atoms with van der Waals surface area (Å²) in [5.41, 5.74) is 2.15. The second-order valence-corrected chi connectivity index (χ2v) is 5.57. The zero-order valence-corrected chi connectivity index (χ0v) is 14.1. The Morgan fingerprint density at radius 2 is 1.67 bits per heavy atom. The molecule has 0 heterocycles. The van der Waals surface area contributed by atoms with Crippen molar-refractivity contribution in [2.45, 2.75) is 32.6 Å². The third-order valence-corrected chi connectivity index (χ3v) is 3.75. The minimum Gasteiger partial charge on any atom is -0.462 e. The van der Waals surface area contributed by atoms with Gasteiger partial charge in [0.05, 0.1) is 18.1 Å². The third kappa shape index (κ3) is 4.69. The van der Waals surface area contributed by atoms with Crippen molar-refractivity contribution in [1.82, 2.24) is 0 Å². The average molecular weight is 325 g/mol. The molecule has 1 atom stereocenters. The second kappa shape index (κ2) is 8.87. The molecule has 0 unspecified atom stereocenters. The van der Waals surface area contributed by atoms with Gasteiger partial charge in [0, 0.05) is 5.69 Å². The molecule has 2 aromatic rings. The van der Waals surface area contributed by atoms with E-state index in [-0.39, 0.29) is 17.8 Å². The lowest BCUT2D eigenvalue weighted by atomic mass is 9.95. The maximum atomic E-state index is 12.5. The molecule has 126 valence electrons. The van der Waals surface area contributed by atoms with Crippen molar-refractivity contribution in [3.8, 4) is 0 Å². The quantitative estimate of drug-likeness (QED) is 0.768. The summed E-state index contributed by atoms with van der Waals surface area (Å²) in [4.78, 5) is 24.3. The molecule has 2 aromatic carbocycles. The molecule has 0 aromatic heterocycles. The van der Waals surface area contributed by atoms with E-state index >= 15 is 0 Å². The van der Waals surface area contributed by atoms with E-state index in [4.69, 9.17) is 4.74 Å². The predicted octanol–water partition coefficient (Wildman–Crippen LogP) is 4.39. The summed E-state index contributed by atoms with van der Waals surface area (Å²) in [7, 11) is 0. The molecule has 0 bridgehead atoms. The van der Waals surface area contributed by atoms with Gasteiger partial charge in [0.1, 0.15) is 0 Å². The highest BCUT2D eigenvalue weighted by atomic mass is 16.5. The fraction of sp³-hybridized carbons (Fsp3) is 0.300. The second-order valence-electron chi connectivity index (χ2n) is 5.57. The molecule has 4 nitrogen and oxygen atoms in total. The molecule has 4 heteroatoms. The lowest BCUT2D eigenvalue weighted by molar-refractivity contribution is -0.117. The third-order valence-electron chi connectivity index (χ3n) is 3.75. The van der Waals surface area contributed by atoms with Crippen LogP contribution in [0.3, 0.4) is 0 Å². The molecule has 0 saturated heterocycles. The Hall–Kier alpha value is -2.62. The molecule has 2 rings (SSSR count). The van der Waals surface area contributed by atoms with Crippen LogP contribution in [0.15, 0.2) is 54.6 Å². The van der Waals surface area contributed by atoms with E-state index in [1.54, 1.807) is 24.3 Å². The van der Waals surface area contributed by atoms with Crippen LogP contribution in [0.2, 0.25) is 0 Å². The first kappa shape index (κ1) is 17.7. The van der Waals surface area contributed by atoms with Gasteiger partial charge in [-0.1, -0.05) is 44.2 Å². The van der Waals surface area contributed by atoms with Crippen LogP contribution in [0.4, 0.5) is 5.69 Å². The topological polar surface area (TPSA) is 55.4 Å². The molecule has 1 amide bonds. The minimum absolute atomic E-state index is 0.0509. The number of carbonyl (C=O) groups excluding carboxylic acids is 2. The number of hydrogen-bond donors (Lipinski definition) is 1. The van der Waals surface area contributed by atoms with Crippen LogP contribution in [0.1, 0.15) is 48.5 Å². The molecule has 24 heavy (non-hydrogen) atoms. The fourth-order valence-electron chi connectivity index (χ4n) is 2.45. The van der Waals surface area contributed by atoms with Crippen molar-refractivity contribution >= 4 is 17.6 Å². The van der Waals surface area contributed by atoms with Crippen LogP contribution >= 0.6 is 0 Å². The van der Waals surface area contributed by atoms with E-state index in [1.165, 1.54) is 0 Å². The summed E-state index contributed by atoms with van der Waals surface area (Å²) in [5.74, 6) is -0.587. The van der Waals surface area contributed by atoms with Gasteiger partial charge in [-0.2, -0.15) is 0 Å². The Labute approximate surface area is 142 Å². The number of rotatable bonds is 7. The number of nitrogens with one attached hydrogen (secondary N) is 1. The highest BCUT2D eigenvalue weighted by Crippen LogP contribution is 2.21. The smallest absolute Gasteiger partial charge is 0.338 e. The SMILES string of the molecule is CCCOC(=O)c1ccc(NC(=O)[C@@H](CC)c2ccccc2)cc1. The number of carbonyl (C=O) groups is 2. The van der Waals surface area contributed by atoms with Crippen LogP contribution in [0, 0.1) is 0 Å². The van der Waals surface area contributed by atoms with E-state index < -0.39 is 0 Å². The minimum atomic E-state index is -0.342. The van der Waals surface area contributed by atoms with Gasteiger partial charge in [0.2, 0.25) is 5.91 Å². The summed E-state index contributed by atoms with van der Waals surface area (Å²) in [6, 6.07) is 16.5. The summed E-state index contributed by atoms with van der Waals surface area (Å²) in [6.07, 6.45) is 1.51. The van der Waals surface area contributed by atoms with Crippen molar-refractivity contribution in [2.24, 2.45) is 0 Å². The fourth-order valence-corrected chi connectivity index (χ4v) is 2.45. The standard InChI is InChI=1S/C20H23NO3/c1-3-14-24-20(23)16-10-12-17(13-11-16)21-19(22)18(4-2)15-8-6-5-7-9-15/h5-13,18H,3-4,14H2,1-2H3,(H,21,22)/t18-/m0/s1. The van der Waals surface area contributed by atoms with Crippen molar-refractivity contribution in [3.05, 3.63) is 65.7 Å². The summed E-state index contributed by atoms with van der Waals surface area (Å²) >= 11 is 0. The van der Waals surface area contributed by atoms with E-state index in [2.05, 4.69) is 5.32 Å². The normalized spacial score (nSPS) is 11.6. The Morgan fingerprint density at radius 3 is 2.25 bits per heavy atom. The zero-order chi connectivity index (χ0) is 17.4. The molecule has 0 radical (unpaired) electrons. The molecule has 0 aliphatic rings. The Bertz CT molecular complexity index is 665. The molecular weight excluding hydrogens is 302 g/mol. The monoisotopic (exact) mass is 325 g/mol. The molecule has 0 saturated carbocycles. The lowest BCUT2D eigenvalue weighted by Crippen LogP contribution is -2.20. The molecule has 0 fully saturated rings. The van der Waals surface area contributed by atoms with E-state index in [1.807, 2.05) is 44.2 Å². The number of esters is 1. The first-order chi connectivity index (χ1) is 11.7. The highest BCUT2D eigenvalue weighted by molar-refractivity contribution is 5.96. The first-order valence-corrected chi connectivity index (χ1v) is 8.28. The van der Waals surface area contributed by atoms with E-state index in [0.717, 1.165) is 18.4 Å². The Kier molecular flexibility index (Phi) is 6.55. The summed E-state index contributed by atoms with van der Waals surface area (Å²) in [6.45, 7) is 4.35. The van der Waals surface area contributed by atoms with Gasteiger partial charge in [-0.05, 0) is 42.7 Å². The molecule has 0 aliphatic carbocycles. The zero-order valence-electron chi connectivity index (χ0n) is 14.1. The van der Waals surface area contributed by atoms with Gasteiger partial charge in [0.15, 0.2) is 0 Å². The predicted molar refractivity (Wildman–Crippen MR) is 95.1 cm³/mol. The number of anilines is 1. The Balaban J connectivity index is 2.02. The van der Waals surface area contributed by atoms with Crippen molar-refractivity contribution < 1.29 is 14.3 Å². The van der Waals surface area contributed by atoms with Crippen LogP contribution in [-0.4, -0.2) is 18.5 Å². The van der Waals surface area contributed by atoms with Gasteiger partial charge in [-0.15, -0.1) is 0 Å². The number of amides is 1. The maximum Gasteiger partial charge on any atom is 0.338 e. The van der Waals surface area contributed by atoms with Gasteiger partial charge in [-0.3, -0.25) is 4.79 Å². The van der Waals surface area contributed by atoms with E-state index in [0.29, 0.717) is 17.9 Å². The maximum absolute atomic E-state index is 12.5. The molecule has 0 aliphatic heterocycles. The first-order valence-electron chi connectivity index (χ1n) is 8.28. The highest BCUT2D eigenvalue weighted by Gasteiger charge is 2.18. The van der Waals surface area contributed by atoms with Crippen molar-refractivity contribution in [3.63, 3.8) is 0 Å². The van der Waals surface area contributed by atoms with Gasteiger partial charge in [0.25, 0.3) is 0 Å². The van der Waals surface area contributed by atoms with Gasteiger partial charge >= 0.3 is 5.97 Å². The number of ether oxygens (including phenoxy) is 1.